The van der Waals surface area contributed by atoms with Crippen LogP contribution in [0.3, 0.4) is 0 Å². The number of fused-ring (bicyclic) bond motifs is 2. The van der Waals surface area contributed by atoms with Crippen LogP contribution in [0.25, 0.3) is 0 Å². The summed E-state index contributed by atoms with van der Waals surface area (Å²) < 4.78 is 19.6. The van der Waals surface area contributed by atoms with E-state index in [-0.39, 0.29) is 28.3 Å². The number of ether oxygens (including phenoxy) is 3. The number of nitrogens with zero attached hydrogens (tertiary/aromatic N) is 1. The Kier molecular flexibility index (Phi) is 4.42. The van der Waals surface area contributed by atoms with Gasteiger partial charge in [0.2, 0.25) is 0 Å². The first-order valence-electron chi connectivity index (χ1n) is 13.9. The Labute approximate surface area is 210 Å². The van der Waals surface area contributed by atoms with Gasteiger partial charge in [-0.2, -0.15) is 0 Å². The van der Waals surface area contributed by atoms with Crippen LogP contribution in [-0.2, 0) is 16.6 Å². The fourth-order valence-corrected chi connectivity index (χ4v) is 9.73. The van der Waals surface area contributed by atoms with E-state index in [2.05, 4.69) is 44.7 Å². The summed E-state index contributed by atoms with van der Waals surface area (Å²) in [5.74, 6) is 2.71. The molecular weight excluding hydrogens is 438 g/mol. The molecule has 8 rings (SSSR count). The van der Waals surface area contributed by atoms with Crippen molar-refractivity contribution < 1.29 is 19.3 Å². The van der Waals surface area contributed by atoms with Crippen LogP contribution in [0.4, 0.5) is 0 Å². The molecule has 5 heteroatoms. The first-order valence-corrected chi connectivity index (χ1v) is 13.9. The molecule has 192 valence electrons. The molecule has 35 heavy (non-hydrogen) atoms. The molecule has 2 spiro atoms. The highest BCUT2D eigenvalue weighted by Crippen LogP contribution is 2.78. The van der Waals surface area contributed by atoms with Crippen LogP contribution in [0.2, 0.25) is 0 Å². The fourth-order valence-electron chi connectivity index (χ4n) is 9.73. The van der Waals surface area contributed by atoms with Crippen molar-refractivity contribution in [1.29, 1.82) is 0 Å². The van der Waals surface area contributed by atoms with Crippen molar-refractivity contribution in [1.82, 2.24) is 4.90 Å². The van der Waals surface area contributed by atoms with Crippen molar-refractivity contribution in [3.8, 4) is 11.5 Å². The maximum absolute atomic E-state index is 12.3. The van der Waals surface area contributed by atoms with Crippen molar-refractivity contribution >= 4 is 0 Å². The lowest BCUT2D eigenvalue weighted by molar-refractivity contribution is -0.312. The molecule has 4 saturated carbocycles. The Morgan fingerprint density at radius 1 is 1.11 bits per heavy atom. The summed E-state index contributed by atoms with van der Waals surface area (Å²) >= 11 is 0. The van der Waals surface area contributed by atoms with Crippen LogP contribution < -0.4 is 9.47 Å². The number of methoxy groups -OCH3 is 2. The van der Waals surface area contributed by atoms with Gasteiger partial charge in [-0.1, -0.05) is 26.8 Å². The van der Waals surface area contributed by atoms with Crippen LogP contribution in [0.1, 0.15) is 77.3 Å². The molecule has 7 atom stereocenters. The molecule has 1 saturated heterocycles. The summed E-state index contributed by atoms with van der Waals surface area (Å²) in [4.78, 5) is 2.86. The lowest BCUT2D eigenvalue weighted by Gasteiger charge is -2.75. The Hall–Kier alpha value is -1.30. The van der Waals surface area contributed by atoms with E-state index in [1.165, 1.54) is 30.5 Å². The molecule has 5 nitrogen and oxygen atoms in total. The highest BCUT2D eigenvalue weighted by Gasteiger charge is 2.82. The number of piperidine rings is 1. The minimum absolute atomic E-state index is 0.0112. The molecule has 5 aliphatic carbocycles. The van der Waals surface area contributed by atoms with Gasteiger partial charge >= 0.3 is 0 Å². The van der Waals surface area contributed by atoms with Gasteiger partial charge in [0, 0.05) is 42.0 Å². The minimum atomic E-state index is -0.879. The average Bonchev–Trinajstić information content (AvgIpc) is 3.56. The van der Waals surface area contributed by atoms with Crippen LogP contribution in [0.5, 0.6) is 11.5 Å². The molecule has 7 aliphatic rings. The molecule has 4 bridgehead atoms. The van der Waals surface area contributed by atoms with E-state index in [9.17, 15) is 5.11 Å². The number of rotatable bonds is 5. The predicted octanol–water partition coefficient (Wildman–Crippen LogP) is 4.72. The number of hydrogen-bond acceptors (Lipinski definition) is 5. The van der Waals surface area contributed by atoms with Crippen molar-refractivity contribution in [2.24, 2.45) is 22.7 Å². The van der Waals surface area contributed by atoms with Crippen LogP contribution in [-0.4, -0.2) is 60.7 Å². The lowest BCUT2D eigenvalue weighted by Crippen LogP contribution is -2.83. The number of benzene rings is 1. The molecule has 1 aromatic carbocycles. The van der Waals surface area contributed by atoms with E-state index in [0.717, 1.165) is 56.1 Å². The molecule has 0 aromatic heterocycles. The largest absolute Gasteiger partial charge is 0.493 e. The van der Waals surface area contributed by atoms with Gasteiger partial charge in [-0.25, -0.2) is 0 Å². The van der Waals surface area contributed by atoms with Crippen LogP contribution in [0, 0.1) is 22.7 Å². The molecule has 0 radical (unpaired) electrons. The quantitative estimate of drug-likeness (QED) is 0.660. The molecule has 2 aliphatic heterocycles. The first kappa shape index (κ1) is 22.9. The SMILES string of the molecule is COc1ccc2c3c1OC1C4(OC)CCC5(CC4C(C)(O)C(C)(C)C)C(C2)N(CC2CC2)CCC315. The van der Waals surface area contributed by atoms with Gasteiger partial charge in [-0.3, -0.25) is 4.90 Å². The van der Waals surface area contributed by atoms with Gasteiger partial charge < -0.3 is 19.3 Å². The number of aliphatic hydroxyl groups is 1. The van der Waals surface area contributed by atoms with Gasteiger partial charge in [0.1, 0.15) is 11.7 Å². The minimum Gasteiger partial charge on any atom is -0.493 e. The average molecular weight is 482 g/mol. The van der Waals surface area contributed by atoms with E-state index in [0.29, 0.717) is 6.04 Å². The summed E-state index contributed by atoms with van der Waals surface area (Å²) in [6, 6.07) is 4.93. The topological polar surface area (TPSA) is 51.2 Å². The highest BCUT2D eigenvalue weighted by atomic mass is 16.6. The summed E-state index contributed by atoms with van der Waals surface area (Å²) in [6.07, 6.45) is 8.00. The van der Waals surface area contributed by atoms with E-state index < -0.39 is 11.2 Å². The second kappa shape index (κ2) is 6.76. The van der Waals surface area contributed by atoms with Crippen molar-refractivity contribution in [2.45, 2.75) is 101 Å². The third kappa shape index (κ3) is 2.47. The van der Waals surface area contributed by atoms with E-state index in [4.69, 9.17) is 14.2 Å². The van der Waals surface area contributed by atoms with E-state index in [1.807, 2.05) is 7.11 Å². The zero-order valence-corrected chi connectivity index (χ0v) is 22.4. The molecule has 7 unspecified atom stereocenters. The van der Waals surface area contributed by atoms with Crippen molar-refractivity contribution in [3.63, 3.8) is 0 Å². The second-order valence-corrected chi connectivity index (χ2v) is 14.0. The van der Waals surface area contributed by atoms with Gasteiger partial charge in [-0.15, -0.1) is 0 Å². The van der Waals surface area contributed by atoms with Crippen molar-refractivity contribution in [2.75, 3.05) is 27.3 Å². The normalized spacial score (nSPS) is 42.9. The third-order valence-corrected chi connectivity index (χ3v) is 12.1. The second-order valence-electron chi connectivity index (χ2n) is 14.0. The molecule has 2 heterocycles. The third-order valence-electron chi connectivity index (χ3n) is 12.1. The predicted molar refractivity (Wildman–Crippen MR) is 135 cm³/mol. The zero-order valence-electron chi connectivity index (χ0n) is 22.4. The van der Waals surface area contributed by atoms with Crippen molar-refractivity contribution in [3.05, 3.63) is 23.3 Å². The maximum atomic E-state index is 12.3. The summed E-state index contributed by atoms with van der Waals surface area (Å²) in [6.45, 7) is 11.0. The van der Waals surface area contributed by atoms with Gasteiger partial charge in [0.15, 0.2) is 11.5 Å². The smallest absolute Gasteiger partial charge is 0.165 e. The monoisotopic (exact) mass is 481 g/mol. The first-order chi connectivity index (χ1) is 16.6. The molecule has 5 fully saturated rings. The Morgan fingerprint density at radius 2 is 1.89 bits per heavy atom. The summed E-state index contributed by atoms with van der Waals surface area (Å²) in [5.41, 5.74) is 1.26. The Balaban J connectivity index is 1.48. The standard InChI is InChI=1S/C30H43NO4/c1-26(2,3)27(4,32)21-16-28-11-12-30(21,34-6)25-29(28)13-14-31(17-18-7-8-18)22(28)15-19-9-10-20(33-5)24(35-25)23(19)29/h9-10,18,21-22,25,32H,7-8,11-17H2,1-6H3. The number of likely N-dealkylation sites (tertiary alicyclic amines) is 1. The molecule has 1 aromatic rings. The summed E-state index contributed by atoms with van der Waals surface area (Å²) in [7, 11) is 3.63. The van der Waals surface area contributed by atoms with E-state index >= 15 is 0 Å². The zero-order chi connectivity index (χ0) is 24.6. The van der Waals surface area contributed by atoms with Crippen LogP contribution >= 0.6 is 0 Å². The van der Waals surface area contributed by atoms with E-state index in [1.54, 1.807) is 7.11 Å². The Morgan fingerprint density at radius 3 is 2.54 bits per heavy atom. The molecule has 1 N–H and O–H groups in total. The fraction of sp³-hybridized carbons (Fsp3) is 0.800. The van der Waals surface area contributed by atoms with Gasteiger partial charge in [0.25, 0.3) is 0 Å². The van der Waals surface area contributed by atoms with Crippen LogP contribution in [0.15, 0.2) is 12.1 Å². The van der Waals surface area contributed by atoms with Gasteiger partial charge in [-0.05, 0) is 81.4 Å². The van der Waals surface area contributed by atoms with Gasteiger partial charge in [0.05, 0.1) is 12.7 Å². The molecular formula is C30H43NO4. The lowest BCUT2D eigenvalue weighted by atomic mass is 9.33. The maximum Gasteiger partial charge on any atom is 0.165 e. The Bertz CT molecular complexity index is 1070. The number of hydrogen-bond donors (Lipinski definition) is 1. The highest BCUT2D eigenvalue weighted by molar-refractivity contribution is 5.63. The summed E-state index contributed by atoms with van der Waals surface area (Å²) in [5, 5.41) is 12.3. The molecule has 0 amide bonds.